The maximum atomic E-state index is 14.3. The Kier molecular flexibility index (Phi) is 8.64. The van der Waals surface area contributed by atoms with E-state index in [1.807, 2.05) is 24.3 Å². The number of ether oxygens (including phenoxy) is 3. The van der Waals surface area contributed by atoms with Gasteiger partial charge >= 0.3 is 0 Å². The predicted molar refractivity (Wildman–Crippen MR) is 152 cm³/mol. The second-order valence-corrected chi connectivity index (χ2v) is 9.61. The molecule has 2 N–H and O–H groups in total. The van der Waals surface area contributed by atoms with Gasteiger partial charge in [-0.2, -0.15) is 0 Å². The molecule has 11 heteroatoms. The number of aromatic hydroxyl groups is 1. The lowest BCUT2D eigenvalue weighted by Gasteiger charge is -2.33. The zero-order valence-corrected chi connectivity index (χ0v) is 23.0. The van der Waals surface area contributed by atoms with Gasteiger partial charge in [0, 0.05) is 13.2 Å². The van der Waals surface area contributed by atoms with E-state index in [1.54, 1.807) is 43.3 Å². The smallest absolute Gasteiger partial charge is 0.249 e. The van der Waals surface area contributed by atoms with E-state index >= 15 is 0 Å². The Labute approximate surface area is 237 Å². The normalized spacial score (nSPS) is 15.4. The Morgan fingerprint density at radius 1 is 1.15 bits per heavy atom. The summed E-state index contributed by atoms with van der Waals surface area (Å²) in [5.41, 5.74) is 2.17. The monoisotopic (exact) mass is 559 g/mol. The number of anilines is 1. The number of benzene rings is 3. The van der Waals surface area contributed by atoms with Crippen LogP contribution in [0.15, 0.2) is 66.7 Å². The van der Waals surface area contributed by atoms with Gasteiger partial charge in [0.2, 0.25) is 11.8 Å². The zero-order valence-electron chi connectivity index (χ0n) is 23.0. The minimum Gasteiger partial charge on any atom is -0.504 e. The lowest BCUT2D eigenvalue weighted by molar-refractivity contribution is -0.127. The maximum absolute atomic E-state index is 14.3. The highest BCUT2D eigenvalue weighted by atomic mass is 16.5. The van der Waals surface area contributed by atoms with Gasteiger partial charge in [0.05, 0.1) is 31.0 Å². The van der Waals surface area contributed by atoms with Crippen LogP contribution in [0.5, 0.6) is 17.2 Å². The highest BCUT2D eigenvalue weighted by Crippen LogP contribution is 2.38. The lowest BCUT2D eigenvalue weighted by Crippen LogP contribution is -2.46. The van der Waals surface area contributed by atoms with Gasteiger partial charge in [-0.05, 0) is 61.7 Å². The summed E-state index contributed by atoms with van der Waals surface area (Å²) in [4.78, 5) is 29.7. The van der Waals surface area contributed by atoms with Crippen molar-refractivity contribution in [2.45, 2.75) is 38.5 Å². The first kappa shape index (κ1) is 27.9. The molecular weight excluding hydrogens is 526 g/mol. The summed E-state index contributed by atoms with van der Waals surface area (Å²) in [5.74, 6) is -0.301. The van der Waals surface area contributed by atoms with Crippen molar-refractivity contribution in [3.8, 4) is 17.2 Å². The van der Waals surface area contributed by atoms with Crippen molar-refractivity contribution in [3.05, 3.63) is 72.3 Å². The molecule has 1 aliphatic heterocycles. The number of amides is 2. The van der Waals surface area contributed by atoms with Crippen LogP contribution in [0.2, 0.25) is 0 Å². The molecule has 4 aromatic rings. The summed E-state index contributed by atoms with van der Waals surface area (Å²) in [7, 11) is 1.51. The molecule has 2 heterocycles. The predicted octanol–water partition coefficient (Wildman–Crippen LogP) is 3.61. The number of hydrogen-bond donors (Lipinski definition) is 2. The molecule has 0 bridgehead atoms. The van der Waals surface area contributed by atoms with Crippen molar-refractivity contribution in [2.75, 3.05) is 31.8 Å². The van der Waals surface area contributed by atoms with Crippen molar-refractivity contribution in [1.82, 2.24) is 20.3 Å². The number of nitrogens with zero attached hydrogens (tertiary/aromatic N) is 4. The van der Waals surface area contributed by atoms with Gasteiger partial charge in [-0.15, -0.1) is 5.10 Å². The number of rotatable bonds is 11. The number of phenolic OH excluding ortho intramolecular Hbond substituents is 1. The van der Waals surface area contributed by atoms with Crippen LogP contribution in [0, 0.1) is 0 Å². The molecule has 0 radical (unpaired) electrons. The number of fused-ring (bicyclic) bond motifs is 1. The summed E-state index contributed by atoms with van der Waals surface area (Å²) in [6.07, 6.45) is 1.67. The molecule has 0 unspecified atom stereocenters. The number of phenols is 1. The standard InChI is InChI=1S/C30H33N5O6/c1-3-40-27-17-20(14-15-25(27)36)29(30(38)31-18-21-9-8-16-41-21)35(24-12-6-7-13-26(24)39-2)28(37)19-34-23-11-5-4-10-22(23)32-33-34/h4-7,10-15,17,21,29,36H,3,8-9,16,18-19H2,1-2H3,(H,31,38)/t21-,29-/m1/s1. The van der Waals surface area contributed by atoms with Crippen molar-refractivity contribution < 1.29 is 28.9 Å². The van der Waals surface area contributed by atoms with E-state index in [0.29, 0.717) is 47.8 Å². The third-order valence-electron chi connectivity index (χ3n) is 6.95. The molecule has 41 heavy (non-hydrogen) atoms. The molecular formula is C30H33N5O6. The van der Waals surface area contributed by atoms with E-state index < -0.39 is 17.9 Å². The summed E-state index contributed by atoms with van der Waals surface area (Å²) >= 11 is 0. The fraction of sp³-hybridized carbons (Fsp3) is 0.333. The highest BCUT2D eigenvalue weighted by Gasteiger charge is 2.36. The van der Waals surface area contributed by atoms with Crippen LogP contribution in [0.3, 0.4) is 0 Å². The average molecular weight is 560 g/mol. The van der Waals surface area contributed by atoms with Gasteiger partial charge in [-0.3, -0.25) is 14.5 Å². The fourth-order valence-corrected chi connectivity index (χ4v) is 4.99. The van der Waals surface area contributed by atoms with E-state index in [1.165, 1.54) is 22.8 Å². The van der Waals surface area contributed by atoms with Crippen LogP contribution < -0.4 is 19.7 Å². The highest BCUT2D eigenvalue weighted by molar-refractivity contribution is 6.02. The molecule has 3 aromatic carbocycles. The molecule has 1 saturated heterocycles. The number of hydrogen-bond acceptors (Lipinski definition) is 8. The number of para-hydroxylation sites is 3. The number of methoxy groups -OCH3 is 1. The summed E-state index contributed by atoms with van der Waals surface area (Å²) in [6.45, 7) is 2.86. The summed E-state index contributed by atoms with van der Waals surface area (Å²) in [6, 6.07) is 17.8. The first-order chi connectivity index (χ1) is 20.0. The fourth-order valence-electron chi connectivity index (χ4n) is 4.99. The van der Waals surface area contributed by atoms with E-state index in [4.69, 9.17) is 14.2 Å². The van der Waals surface area contributed by atoms with Crippen LogP contribution in [0.25, 0.3) is 11.0 Å². The Bertz CT molecular complexity index is 1520. The summed E-state index contributed by atoms with van der Waals surface area (Å²) in [5, 5.41) is 21.7. The molecule has 1 fully saturated rings. The first-order valence-corrected chi connectivity index (χ1v) is 13.6. The largest absolute Gasteiger partial charge is 0.504 e. The molecule has 1 aliphatic rings. The van der Waals surface area contributed by atoms with Crippen LogP contribution in [0.1, 0.15) is 31.4 Å². The second kappa shape index (κ2) is 12.7. The lowest BCUT2D eigenvalue weighted by atomic mass is 10.0. The number of aromatic nitrogens is 3. The minimum atomic E-state index is -1.14. The Morgan fingerprint density at radius 3 is 2.73 bits per heavy atom. The van der Waals surface area contributed by atoms with Crippen LogP contribution in [-0.4, -0.2) is 64.9 Å². The zero-order chi connectivity index (χ0) is 28.8. The van der Waals surface area contributed by atoms with Gasteiger partial charge in [0.15, 0.2) is 11.5 Å². The van der Waals surface area contributed by atoms with Gasteiger partial charge in [0.1, 0.15) is 23.9 Å². The quantitative estimate of drug-likeness (QED) is 0.285. The van der Waals surface area contributed by atoms with Crippen molar-refractivity contribution >= 4 is 28.5 Å². The topological polar surface area (TPSA) is 128 Å². The average Bonchev–Trinajstić information content (AvgIpc) is 3.66. The van der Waals surface area contributed by atoms with E-state index in [9.17, 15) is 14.7 Å². The van der Waals surface area contributed by atoms with Crippen LogP contribution >= 0.6 is 0 Å². The van der Waals surface area contributed by atoms with Crippen molar-refractivity contribution in [3.63, 3.8) is 0 Å². The van der Waals surface area contributed by atoms with Gasteiger partial charge in [0.25, 0.3) is 0 Å². The van der Waals surface area contributed by atoms with Crippen molar-refractivity contribution in [1.29, 1.82) is 0 Å². The molecule has 11 nitrogen and oxygen atoms in total. The molecule has 0 saturated carbocycles. The van der Waals surface area contributed by atoms with Crippen molar-refractivity contribution in [2.24, 2.45) is 0 Å². The van der Waals surface area contributed by atoms with E-state index in [0.717, 1.165) is 12.8 Å². The second-order valence-electron chi connectivity index (χ2n) is 9.61. The maximum Gasteiger partial charge on any atom is 0.249 e. The van der Waals surface area contributed by atoms with Crippen LogP contribution in [0.4, 0.5) is 5.69 Å². The third kappa shape index (κ3) is 6.09. The molecule has 2 amide bonds. The Balaban J connectivity index is 1.60. The minimum absolute atomic E-state index is 0.0710. The number of carbonyl (C=O) groups is 2. The molecule has 1 aromatic heterocycles. The van der Waals surface area contributed by atoms with Gasteiger partial charge in [-0.1, -0.05) is 35.5 Å². The van der Waals surface area contributed by atoms with E-state index in [2.05, 4.69) is 15.6 Å². The molecule has 0 spiro atoms. The van der Waals surface area contributed by atoms with Crippen LogP contribution in [-0.2, 0) is 20.9 Å². The molecule has 0 aliphatic carbocycles. The number of nitrogens with one attached hydrogen (secondary N) is 1. The molecule has 214 valence electrons. The third-order valence-corrected chi connectivity index (χ3v) is 6.95. The van der Waals surface area contributed by atoms with E-state index in [-0.39, 0.29) is 24.1 Å². The van der Waals surface area contributed by atoms with Gasteiger partial charge < -0.3 is 24.6 Å². The first-order valence-electron chi connectivity index (χ1n) is 13.6. The molecule has 2 atom stereocenters. The van der Waals surface area contributed by atoms with Gasteiger partial charge in [-0.25, -0.2) is 4.68 Å². The number of carbonyl (C=O) groups excluding carboxylic acids is 2. The molecule has 5 rings (SSSR count). The summed E-state index contributed by atoms with van der Waals surface area (Å²) < 4.78 is 18.5. The SMILES string of the molecule is CCOc1cc([C@H](C(=O)NC[C@H]2CCCO2)N(C(=O)Cn2nnc3ccccc32)c2ccccc2OC)ccc1O. The Hall–Kier alpha value is -4.64. The Morgan fingerprint density at radius 2 is 1.95 bits per heavy atom.